The normalized spacial score (nSPS) is 12.2. The molecular weight excluding hydrogens is 1530 g/mol. The zero-order valence-electron chi connectivity index (χ0n) is 73.6. The van der Waals surface area contributed by atoms with Crippen LogP contribution in [-0.2, 0) is 0 Å². The number of hydrogen-bond donors (Lipinski definition) is 0. The smallest absolute Gasteiger partial charge is 0.143 e. The van der Waals surface area contributed by atoms with Crippen LogP contribution in [0.4, 0.5) is 0 Å². The molecule has 126 heavy (non-hydrogen) atoms. The maximum Gasteiger partial charge on any atom is 0.143 e. The molecule has 588 valence electrons. The predicted molar refractivity (Wildman–Crippen MR) is 535 cm³/mol. The maximum atomic E-state index is 8.75. The molecule has 0 aliphatic rings. The Hall–Kier alpha value is -16.5. The van der Waals surface area contributed by atoms with Crippen molar-refractivity contribution in [3.05, 3.63) is 460 Å². The summed E-state index contributed by atoms with van der Waals surface area (Å²) in [5.41, 5.74) is 26.1. The highest BCUT2D eigenvalue weighted by molar-refractivity contribution is 6.30. The lowest BCUT2D eigenvalue weighted by molar-refractivity contribution is 0.666. The number of hydrogen-bond acceptors (Lipinski definition) is 3. The molecule has 3 aromatic heterocycles. The molecule has 0 atom stereocenters. The van der Waals surface area contributed by atoms with Crippen LogP contribution in [0, 0.1) is 6.92 Å². The summed E-state index contributed by atoms with van der Waals surface area (Å²) in [5.74, 6) is 0. The minimum absolute atomic E-state index is 0.206. The zero-order chi connectivity index (χ0) is 87.6. The molecule has 23 aromatic carbocycles. The predicted octanol–water partition coefficient (Wildman–Crippen LogP) is 35.3. The third-order valence-electron chi connectivity index (χ3n) is 25.6. The van der Waals surface area contributed by atoms with Crippen LogP contribution >= 0.6 is 0 Å². The van der Waals surface area contributed by atoms with Crippen molar-refractivity contribution in [2.75, 3.05) is 0 Å². The Morgan fingerprint density at radius 2 is 0.460 bits per heavy atom. The van der Waals surface area contributed by atoms with Gasteiger partial charge in [-0.05, 0) is 212 Å². The van der Waals surface area contributed by atoms with Crippen molar-refractivity contribution in [2.24, 2.45) is 0 Å². The molecule has 26 rings (SSSR count). The Morgan fingerprint density at radius 3 is 0.889 bits per heavy atom. The highest BCUT2D eigenvalue weighted by Crippen LogP contribution is 2.53. The quantitative estimate of drug-likeness (QED) is 0.107. The lowest BCUT2D eigenvalue weighted by Crippen LogP contribution is -1.91. The van der Waals surface area contributed by atoms with E-state index < -0.39 is 6.04 Å². The van der Waals surface area contributed by atoms with E-state index in [1.165, 1.54) is 120 Å². The van der Waals surface area contributed by atoms with Crippen LogP contribution in [0.1, 0.15) is 12.4 Å². The largest absolute Gasteiger partial charge is 0.456 e. The molecule has 0 bridgehead atoms. The average molecular weight is 1610 g/mol. The maximum absolute atomic E-state index is 8.75. The Labute approximate surface area is 734 Å². The van der Waals surface area contributed by atoms with Crippen molar-refractivity contribution in [3.63, 3.8) is 0 Å². The molecular formula is C123H78O3. The molecule has 0 saturated carbocycles. The second kappa shape index (κ2) is 30.6. The Morgan fingerprint density at radius 1 is 0.175 bits per heavy atom. The van der Waals surface area contributed by atoms with Gasteiger partial charge in [-0.1, -0.05) is 431 Å². The van der Waals surface area contributed by atoms with E-state index in [4.69, 9.17) is 20.1 Å². The van der Waals surface area contributed by atoms with Crippen molar-refractivity contribution < 1.29 is 20.1 Å². The lowest BCUT2D eigenvalue weighted by Gasteiger charge is -2.18. The number of para-hydroxylation sites is 3. The number of rotatable bonds is 9. The summed E-state index contributed by atoms with van der Waals surface area (Å²) >= 11 is 0. The Bertz CT molecular complexity index is 8970. The summed E-state index contributed by atoms with van der Waals surface area (Å²) in [7, 11) is 0. The fraction of sp³-hybridized carbons (Fsp3) is 0.00813. The second-order valence-electron chi connectivity index (χ2n) is 32.6. The van der Waals surface area contributed by atoms with Crippen molar-refractivity contribution in [1.82, 2.24) is 0 Å². The van der Waals surface area contributed by atoms with Crippen LogP contribution in [0.2, 0.25) is 0 Å². The zero-order valence-corrected chi connectivity index (χ0v) is 68.6. The molecule has 0 N–H and O–H groups in total. The van der Waals surface area contributed by atoms with Crippen LogP contribution < -0.4 is 0 Å². The van der Waals surface area contributed by atoms with Gasteiger partial charge in [-0.15, -0.1) is 0 Å². The van der Waals surface area contributed by atoms with Gasteiger partial charge >= 0.3 is 0 Å². The average Bonchev–Trinajstić information content (AvgIpc) is 1.70. The molecule has 0 fully saturated rings. The van der Waals surface area contributed by atoms with E-state index in [2.05, 4.69) is 352 Å². The van der Waals surface area contributed by atoms with Crippen molar-refractivity contribution in [3.8, 4) is 100 Å². The van der Waals surface area contributed by atoms with Crippen molar-refractivity contribution in [1.29, 1.82) is 0 Å². The molecule has 0 spiro atoms. The fourth-order valence-electron chi connectivity index (χ4n) is 20.1. The van der Waals surface area contributed by atoms with E-state index in [1.807, 2.05) is 79.7 Å². The molecule has 0 radical (unpaired) electrons. The Balaban J connectivity index is 0.000000109. The number of aryl methyl sites for hydroxylation is 1. The first kappa shape index (κ1) is 68.2. The molecule has 0 unspecified atom stereocenters. The number of furan rings is 3. The van der Waals surface area contributed by atoms with Crippen molar-refractivity contribution in [2.45, 2.75) is 6.92 Å². The summed E-state index contributed by atoms with van der Waals surface area (Å²) in [6, 6.07) is 149. The van der Waals surface area contributed by atoms with E-state index in [-0.39, 0.29) is 29.7 Å². The van der Waals surface area contributed by atoms with Crippen LogP contribution in [0.5, 0.6) is 0 Å². The monoisotopic (exact) mass is 1610 g/mol. The summed E-state index contributed by atoms with van der Waals surface area (Å²) < 4.78 is 62.1. The van der Waals surface area contributed by atoms with Gasteiger partial charge in [0.15, 0.2) is 0 Å². The highest BCUT2D eigenvalue weighted by Gasteiger charge is 2.27. The van der Waals surface area contributed by atoms with Gasteiger partial charge in [0.05, 0.1) is 6.85 Å². The summed E-state index contributed by atoms with van der Waals surface area (Å²) in [6.45, 7) is 2.05. The van der Waals surface area contributed by atoms with E-state index in [0.29, 0.717) is 5.56 Å². The van der Waals surface area contributed by atoms with Gasteiger partial charge in [0, 0.05) is 43.4 Å². The van der Waals surface area contributed by atoms with Gasteiger partial charge in [-0.2, -0.15) is 0 Å². The highest BCUT2D eigenvalue weighted by atomic mass is 16.3. The van der Waals surface area contributed by atoms with Gasteiger partial charge < -0.3 is 13.3 Å². The summed E-state index contributed by atoms with van der Waals surface area (Å²) in [4.78, 5) is 0. The third-order valence-corrected chi connectivity index (χ3v) is 25.6. The molecule has 26 aromatic rings. The summed E-state index contributed by atoms with van der Waals surface area (Å²) in [5, 5.41) is 25.2. The minimum atomic E-state index is -0.396. The summed E-state index contributed by atoms with van der Waals surface area (Å²) in [6.07, 6.45) is 0. The van der Waals surface area contributed by atoms with Gasteiger partial charge in [-0.25, -0.2) is 0 Å². The third kappa shape index (κ3) is 12.2. The first-order valence-corrected chi connectivity index (χ1v) is 42.9. The first-order chi connectivity index (χ1) is 64.6. The molecule has 0 saturated heterocycles. The SMILES string of the molecule is [2H]c1c([2H])c([2H])c(-c2c3ccccc3c(-c3cccc4oc5c(C)cccc5c34)c3ccccc23)c([2H])c1[2H].c1ccc(-c2c3ccccc3c(-c3cccc4oc5c(-c6ccc7c(ccc8ccccc87)c6)cccc5c34)c3ccccc23)cc1.c1ccc(-c2ccc(-c3cccc4c3oc3cccc(-c5c6ccccc6c(-c6ccccc6)c6ccccc56)c34)cc2)cc1. The topological polar surface area (TPSA) is 39.4 Å². The first-order valence-electron chi connectivity index (χ1n) is 45.4. The second-order valence-corrected chi connectivity index (χ2v) is 32.6. The van der Waals surface area contributed by atoms with Crippen LogP contribution in [0.25, 0.3) is 252 Å². The van der Waals surface area contributed by atoms with Gasteiger partial charge in [0.2, 0.25) is 0 Å². The van der Waals surface area contributed by atoms with E-state index in [1.54, 1.807) is 0 Å². The van der Waals surface area contributed by atoms with Gasteiger partial charge in [0.1, 0.15) is 33.5 Å². The minimum Gasteiger partial charge on any atom is -0.456 e. The fourth-order valence-corrected chi connectivity index (χ4v) is 20.1. The molecule has 3 heteroatoms. The molecule has 0 amide bonds. The van der Waals surface area contributed by atoms with E-state index in [0.717, 1.165) is 126 Å². The molecule has 0 aliphatic carbocycles. The van der Waals surface area contributed by atoms with Gasteiger partial charge in [0.25, 0.3) is 0 Å². The van der Waals surface area contributed by atoms with Crippen LogP contribution in [0.3, 0.4) is 0 Å². The lowest BCUT2D eigenvalue weighted by atomic mass is 9.85. The standard InChI is InChI=1S/C46H28O.C44H28O.C33H22O/c1-2-13-30(14-3-1)43-36-16-6-8-18-38(36)44(39-19-9-7-17-37(39)43)40-21-11-23-42-45(40)41-22-10-20-35(46(41)47-42)32-26-27-34-31(28-32)25-24-29-12-4-5-15-33(29)34;1-3-13-29(14-4-1)30-25-27-31(28-26-30)33-21-11-23-39-43-38(22-12-24-40(43)45-44(33)39)42-36-19-9-7-17-34(36)41(32-15-5-2-6-16-32)35-18-8-10-20-37(35)42;1-21-11-9-19-28-32-27(18-10-20-29(32)34-33(21)28)31-25-16-7-5-14-23(25)30(22-12-3-2-4-13-22)24-15-6-8-17-26(24)31/h1-28H;1-28H;2-20H,1H3/i;;2D,3D,4D,12D,13D. The van der Waals surface area contributed by atoms with Crippen molar-refractivity contribution >= 4 is 152 Å². The Kier molecular flexibility index (Phi) is 16.6. The van der Waals surface area contributed by atoms with E-state index in [9.17, 15) is 0 Å². The number of benzene rings is 23. The number of fused-ring (bicyclic) bond motifs is 18. The molecule has 0 aliphatic heterocycles. The molecule has 3 nitrogen and oxygen atoms in total. The van der Waals surface area contributed by atoms with Crippen LogP contribution in [-0.4, -0.2) is 0 Å². The van der Waals surface area contributed by atoms with E-state index >= 15 is 0 Å². The van der Waals surface area contributed by atoms with Gasteiger partial charge in [-0.3, -0.25) is 0 Å². The van der Waals surface area contributed by atoms with Crippen LogP contribution in [0.15, 0.2) is 468 Å². The molecule has 3 heterocycles.